The van der Waals surface area contributed by atoms with Crippen LogP contribution in [0.4, 0.5) is 0 Å². The van der Waals surface area contributed by atoms with Crippen LogP contribution in [0.2, 0.25) is 0 Å². The molecular formula is C14H14N4O. The van der Waals surface area contributed by atoms with Gasteiger partial charge in [0.25, 0.3) is 0 Å². The number of fused-ring (bicyclic) bond motifs is 1. The van der Waals surface area contributed by atoms with Gasteiger partial charge in [0.15, 0.2) is 5.65 Å². The molecule has 5 nitrogen and oxygen atoms in total. The third-order valence-electron chi connectivity index (χ3n) is 3.04. The van der Waals surface area contributed by atoms with Gasteiger partial charge >= 0.3 is 0 Å². The number of aromatic nitrogens is 3. The van der Waals surface area contributed by atoms with Gasteiger partial charge < -0.3 is 10.5 Å². The third kappa shape index (κ3) is 1.94. The maximum atomic E-state index is 5.84. The Labute approximate surface area is 110 Å². The third-order valence-corrected chi connectivity index (χ3v) is 3.04. The summed E-state index contributed by atoms with van der Waals surface area (Å²) in [6, 6.07) is 9.62. The van der Waals surface area contributed by atoms with Crippen molar-refractivity contribution in [2.45, 2.75) is 6.54 Å². The fraction of sp³-hybridized carbons (Fsp3) is 0.143. The molecule has 2 N–H and O–H groups in total. The lowest BCUT2D eigenvalue weighted by molar-refractivity contribution is 0.415. The average Bonchev–Trinajstić information content (AvgIpc) is 2.86. The van der Waals surface area contributed by atoms with Gasteiger partial charge in [0, 0.05) is 30.1 Å². The van der Waals surface area contributed by atoms with Gasteiger partial charge in [0.05, 0.1) is 12.8 Å². The zero-order valence-corrected chi connectivity index (χ0v) is 10.6. The summed E-state index contributed by atoms with van der Waals surface area (Å²) in [5.74, 6) is 0.797. The van der Waals surface area contributed by atoms with Crippen LogP contribution in [0.25, 0.3) is 16.9 Å². The Morgan fingerprint density at radius 2 is 2.21 bits per heavy atom. The number of nitrogens with two attached hydrogens (primary N) is 1. The molecule has 96 valence electrons. The average molecular weight is 254 g/mol. The predicted octanol–water partition coefficient (Wildman–Crippen LogP) is 1.86. The highest BCUT2D eigenvalue weighted by Crippen LogP contribution is 2.27. The van der Waals surface area contributed by atoms with Gasteiger partial charge in [-0.05, 0) is 18.2 Å². The molecule has 3 aromatic rings. The molecule has 0 radical (unpaired) electrons. The summed E-state index contributed by atoms with van der Waals surface area (Å²) in [7, 11) is 1.65. The van der Waals surface area contributed by atoms with Crippen molar-refractivity contribution in [3.63, 3.8) is 0 Å². The minimum atomic E-state index is 0.396. The number of hydrogen-bond donors (Lipinski definition) is 1. The van der Waals surface area contributed by atoms with E-state index in [2.05, 4.69) is 10.1 Å². The monoisotopic (exact) mass is 254 g/mol. The Bertz CT molecular complexity index is 720. The zero-order chi connectivity index (χ0) is 13.2. The summed E-state index contributed by atoms with van der Waals surface area (Å²) in [6.07, 6.45) is 3.61. The van der Waals surface area contributed by atoms with Crippen LogP contribution in [0.1, 0.15) is 5.56 Å². The highest BCUT2D eigenvalue weighted by molar-refractivity contribution is 5.71. The van der Waals surface area contributed by atoms with E-state index in [1.807, 2.05) is 36.5 Å². The fourth-order valence-corrected chi connectivity index (χ4v) is 2.12. The molecule has 19 heavy (non-hydrogen) atoms. The summed E-state index contributed by atoms with van der Waals surface area (Å²) < 4.78 is 6.99. The summed E-state index contributed by atoms with van der Waals surface area (Å²) in [5, 5.41) is 4.55. The molecule has 0 aliphatic heterocycles. The predicted molar refractivity (Wildman–Crippen MR) is 72.9 cm³/mol. The Morgan fingerprint density at radius 3 is 3.00 bits per heavy atom. The van der Waals surface area contributed by atoms with E-state index in [-0.39, 0.29) is 0 Å². The molecule has 1 aromatic carbocycles. The van der Waals surface area contributed by atoms with Crippen molar-refractivity contribution < 1.29 is 4.74 Å². The van der Waals surface area contributed by atoms with Gasteiger partial charge in [-0.2, -0.15) is 5.10 Å². The van der Waals surface area contributed by atoms with Crippen LogP contribution in [-0.4, -0.2) is 21.7 Å². The van der Waals surface area contributed by atoms with Crippen LogP contribution >= 0.6 is 0 Å². The van der Waals surface area contributed by atoms with Gasteiger partial charge in [-0.1, -0.05) is 12.1 Å². The van der Waals surface area contributed by atoms with E-state index in [4.69, 9.17) is 10.5 Å². The number of benzene rings is 1. The van der Waals surface area contributed by atoms with Gasteiger partial charge in [-0.15, -0.1) is 0 Å². The van der Waals surface area contributed by atoms with Crippen LogP contribution < -0.4 is 10.5 Å². The molecule has 0 amide bonds. The molecule has 5 heteroatoms. The zero-order valence-electron chi connectivity index (χ0n) is 10.6. The van der Waals surface area contributed by atoms with Crippen molar-refractivity contribution >= 4 is 5.65 Å². The summed E-state index contributed by atoms with van der Waals surface area (Å²) in [6.45, 7) is 0.396. The second kappa shape index (κ2) is 4.70. The van der Waals surface area contributed by atoms with E-state index >= 15 is 0 Å². The van der Waals surface area contributed by atoms with Gasteiger partial charge in [-0.3, -0.25) is 0 Å². The quantitative estimate of drug-likeness (QED) is 0.774. The molecule has 2 aromatic heterocycles. The second-order valence-electron chi connectivity index (χ2n) is 4.15. The molecule has 0 saturated carbocycles. The van der Waals surface area contributed by atoms with Gasteiger partial charge in [0.2, 0.25) is 0 Å². The molecule has 0 unspecified atom stereocenters. The molecular weight excluding hydrogens is 240 g/mol. The van der Waals surface area contributed by atoms with Crippen LogP contribution in [-0.2, 0) is 6.54 Å². The van der Waals surface area contributed by atoms with Crippen molar-refractivity contribution in [3.05, 3.63) is 48.3 Å². The number of nitrogens with zero attached hydrogens (tertiary/aromatic N) is 3. The first-order chi connectivity index (χ1) is 9.33. The van der Waals surface area contributed by atoms with Gasteiger partial charge in [0.1, 0.15) is 5.75 Å². The van der Waals surface area contributed by atoms with Crippen molar-refractivity contribution in [2.75, 3.05) is 7.11 Å². The molecule has 0 fully saturated rings. The van der Waals surface area contributed by atoms with E-state index < -0.39 is 0 Å². The smallest absolute Gasteiger partial charge is 0.160 e. The molecule has 0 atom stereocenters. The number of rotatable bonds is 3. The lowest BCUT2D eigenvalue weighted by Gasteiger charge is -2.03. The van der Waals surface area contributed by atoms with E-state index in [9.17, 15) is 0 Å². The SMILES string of the molecule is COc1cccc(-c2nn3cccnc3c2CN)c1. The first-order valence-electron chi connectivity index (χ1n) is 6.00. The number of methoxy groups -OCH3 is 1. The Kier molecular flexibility index (Phi) is 2.89. The van der Waals surface area contributed by atoms with E-state index in [1.165, 1.54) is 0 Å². The maximum absolute atomic E-state index is 5.84. The standard InChI is InChI=1S/C14H14N4O/c1-19-11-5-2-4-10(8-11)13-12(9-15)14-16-6-3-7-18(14)17-13/h2-8H,9,15H2,1H3. The van der Waals surface area contributed by atoms with Crippen molar-refractivity contribution in [1.82, 2.24) is 14.6 Å². The van der Waals surface area contributed by atoms with E-state index in [0.717, 1.165) is 28.2 Å². The Morgan fingerprint density at radius 1 is 1.32 bits per heavy atom. The van der Waals surface area contributed by atoms with E-state index in [1.54, 1.807) is 17.8 Å². The molecule has 0 aliphatic rings. The topological polar surface area (TPSA) is 65.4 Å². The number of ether oxygens (including phenoxy) is 1. The Balaban J connectivity index is 2.23. The van der Waals surface area contributed by atoms with Crippen LogP contribution in [0, 0.1) is 0 Å². The minimum Gasteiger partial charge on any atom is -0.497 e. The fourth-order valence-electron chi connectivity index (χ4n) is 2.12. The summed E-state index contributed by atoms with van der Waals surface area (Å²) in [5.41, 5.74) is 9.40. The molecule has 0 saturated heterocycles. The highest BCUT2D eigenvalue weighted by Gasteiger charge is 2.14. The summed E-state index contributed by atoms with van der Waals surface area (Å²) >= 11 is 0. The number of hydrogen-bond acceptors (Lipinski definition) is 4. The highest BCUT2D eigenvalue weighted by atomic mass is 16.5. The lowest BCUT2D eigenvalue weighted by atomic mass is 10.1. The second-order valence-corrected chi connectivity index (χ2v) is 4.15. The molecule has 2 heterocycles. The largest absolute Gasteiger partial charge is 0.497 e. The minimum absolute atomic E-state index is 0.396. The lowest BCUT2D eigenvalue weighted by Crippen LogP contribution is -1.98. The van der Waals surface area contributed by atoms with Crippen molar-refractivity contribution in [1.29, 1.82) is 0 Å². The van der Waals surface area contributed by atoms with Crippen LogP contribution in [0.3, 0.4) is 0 Å². The van der Waals surface area contributed by atoms with Crippen LogP contribution in [0.5, 0.6) is 5.75 Å². The normalized spacial score (nSPS) is 10.8. The van der Waals surface area contributed by atoms with Gasteiger partial charge in [-0.25, -0.2) is 9.50 Å². The van der Waals surface area contributed by atoms with Crippen molar-refractivity contribution in [2.24, 2.45) is 5.73 Å². The molecule has 0 aliphatic carbocycles. The molecule has 3 rings (SSSR count). The first kappa shape index (κ1) is 11.7. The van der Waals surface area contributed by atoms with Crippen LogP contribution in [0.15, 0.2) is 42.7 Å². The van der Waals surface area contributed by atoms with E-state index in [0.29, 0.717) is 6.54 Å². The first-order valence-corrected chi connectivity index (χ1v) is 6.00. The maximum Gasteiger partial charge on any atom is 0.160 e. The van der Waals surface area contributed by atoms with Crippen molar-refractivity contribution in [3.8, 4) is 17.0 Å². The Hall–Kier alpha value is -2.40. The molecule has 0 spiro atoms. The molecule has 0 bridgehead atoms. The summed E-state index contributed by atoms with van der Waals surface area (Å²) in [4.78, 5) is 4.33.